The third-order valence-corrected chi connectivity index (χ3v) is 1.85. The molecule has 6 nitrogen and oxygen atoms in total. The summed E-state index contributed by atoms with van der Waals surface area (Å²) in [6.07, 6.45) is -2.34. The molecule has 0 saturated heterocycles. The van der Waals surface area contributed by atoms with Gasteiger partial charge in [0, 0.05) is 17.7 Å². The first kappa shape index (κ1) is 11.9. The first-order valence-corrected chi connectivity index (χ1v) is 4.31. The first-order valence-electron chi connectivity index (χ1n) is 4.31. The van der Waals surface area contributed by atoms with Crippen LogP contribution in [-0.4, -0.2) is 17.7 Å². The lowest BCUT2D eigenvalue weighted by Gasteiger charge is -2.12. The lowest BCUT2D eigenvalue weighted by molar-refractivity contribution is -0.385. The first-order chi connectivity index (χ1) is 7.54. The number of benzene rings is 1. The van der Waals surface area contributed by atoms with Crippen molar-refractivity contribution in [2.24, 2.45) is 5.73 Å². The number of alkyl halides is 1. The molecule has 0 bridgehead atoms. The molecule has 1 atom stereocenters. The highest BCUT2D eigenvalue weighted by Crippen LogP contribution is 2.22. The molecule has 86 valence electrons. The molecule has 1 aromatic carbocycles. The SMILES string of the molecule is NC(=O)OC(CF)c1cccc([N+](=O)[O-])c1. The van der Waals surface area contributed by atoms with Gasteiger partial charge in [0.1, 0.15) is 6.67 Å². The van der Waals surface area contributed by atoms with E-state index < -0.39 is 23.8 Å². The standard InChI is InChI=1S/C9H9FN2O4/c10-5-8(16-9(11)13)6-2-1-3-7(4-6)12(14)15/h1-4,8H,5H2,(H2,11,13). The maximum absolute atomic E-state index is 12.5. The van der Waals surface area contributed by atoms with Crippen molar-refractivity contribution in [3.05, 3.63) is 39.9 Å². The van der Waals surface area contributed by atoms with E-state index in [1.54, 1.807) is 0 Å². The van der Waals surface area contributed by atoms with Crippen molar-refractivity contribution >= 4 is 11.8 Å². The van der Waals surface area contributed by atoms with Crippen LogP contribution in [0.1, 0.15) is 11.7 Å². The summed E-state index contributed by atoms with van der Waals surface area (Å²) in [4.78, 5) is 20.3. The summed E-state index contributed by atoms with van der Waals surface area (Å²) in [5.41, 5.74) is 4.73. The number of hydrogen-bond acceptors (Lipinski definition) is 4. The zero-order valence-electron chi connectivity index (χ0n) is 8.13. The summed E-state index contributed by atoms with van der Waals surface area (Å²) in [5, 5.41) is 10.5. The second kappa shape index (κ2) is 5.06. The van der Waals surface area contributed by atoms with E-state index in [1.807, 2.05) is 0 Å². The minimum atomic E-state index is -1.21. The number of amides is 1. The predicted octanol–water partition coefficient (Wildman–Crippen LogP) is 1.70. The minimum absolute atomic E-state index is 0.190. The molecule has 16 heavy (non-hydrogen) atoms. The van der Waals surface area contributed by atoms with E-state index >= 15 is 0 Å². The van der Waals surface area contributed by atoms with Crippen molar-refractivity contribution in [1.29, 1.82) is 0 Å². The monoisotopic (exact) mass is 228 g/mol. The zero-order valence-corrected chi connectivity index (χ0v) is 8.13. The smallest absolute Gasteiger partial charge is 0.405 e. The maximum atomic E-state index is 12.5. The molecule has 0 aliphatic carbocycles. The lowest BCUT2D eigenvalue weighted by atomic mass is 10.1. The molecule has 1 amide bonds. The third-order valence-electron chi connectivity index (χ3n) is 1.85. The van der Waals surface area contributed by atoms with Crippen LogP contribution in [0.25, 0.3) is 0 Å². The van der Waals surface area contributed by atoms with E-state index in [2.05, 4.69) is 4.74 Å². The van der Waals surface area contributed by atoms with Crippen LogP contribution in [0, 0.1) is 10.1 Å². The average molecular weight is 228 g/mol. The van der Waals surface area contributed by atoms with Gasteiger partial charge in [0.15, 0.2) is 6.10 Å². The van der Waals surface area contributed by atoms with Crippen LogP contribution in [0.3, 0.4) is 0 Å². The van der Waals surface area contributed by atoms with Gasteiger partial charge in [-0.2, -0.15) is 0 Å². The third kappa shape index (κ3) is 2.91. The number of ether oxygens (including phenoxy) is 1. The highest BCUT2D eigenvalue weighted by atomic mass is 19.1. The van der Waals surface area contributed by atoms with Crippen LogP contribution in [-0.2, 0) is 4.74 Å². The fourth-order valence-corrected chi connectivity index (χ4v) is 1.17. The number of hydrogen-bond donors (Lipinski definition) is 1. The molecule has 0 spiro atoms. The molecule has 0 saturated carbocycles. The van der Waals surface area contributed by atoms with E-state index in [4.69, 9.17) is 5.73 Å². The van der Waals surface area contributed by atoms with E-state index in [1.165, 1.54) is 18.2 Å². The van der Waals surface area contributed by atoms with Gasteiger partial charge >= 0.3 is 6.09 Å². The minimum Gasteiger partial charge on any atom is -0.439 e. The molecule has 1 rings (SSSR count). The van der Waals surface area contributed by atoms with Crippen molar-refractivity contribution in [1.82, 2.24) is 0 Å². The fourth-order valence-electron chi connectivity index (χ4n) is 1.17. The largest absolute Gasteiger partial charge is 0.439 e. The van der Waals surface area contributed by atoms with Crippen molar-refractivity contribution in [3.8, 4) is 0 Å². The Hall–Kier alpha value is -2.18. The number of nitrogens with two attached hydrogens (primary N) is 1. The van der Waals surface area contributed by atoms with Crippen LogP contribution >= 0.6 is 0 Å². The quantitative estimate of drug-likeness (QED) is 0.626. The molecule has 0 fully saturated rings. The number of nitro groups is 1. The van der Waals surface area contributed by atoms with Gasteiger partial charge in [0.2, 0.25) is 0 Å². The summed E-state index contributed by atoms with van der Waals surface area (Å²) in [7, 11) is 0. The number of nitro benzene ring substituents is 1. The highest BCUT2D eigenvalue weighted by molar-refractivity contribution is 5.65. The molecule has 1 aromatic rings. The van der Waals surface area contributed by atoms with E-state index in [9.17, 15) is 19.3 Å². The summed E-state index contributed by atoms with van der Waals surface area (Å²) in [5.74, 6) is 0. The van der Waals surface area contributed by atoms with Gasteiger partial charge in [-0.05, 0) is 0 Å². The molecule has 0 aliphatic rings. The molecule has 0 heterocycles. The van der Waals surface area contributed by atoms with E-state index in [0.717, 1.165) is 6.07 Å². The Bertz CT molecular complexity index is 410. The maximum Gasteiger partial charge on any atom is 0.405 e. The Morgan fingerprint density at radius 2 is 2.31 bits per heavy atom. The Labute approximate surface area is 90.0 Å². The van der Waals surface area contributed by atoms with Gasteiger partial charge in [-0.3, -0.25) is 10.1 Å². The summed E-state index contributed by atoms with van der Waals surface area (Å²) in [6.45, 7) is -0.996. The van der Waals surface area contributed by atoms with Gasteiger partial charge in [-0.1, -0.05) is 12.1 Å². The molecular weight excluding hydrogens is 219 g/mol. The van der Waals surface area contributed by atoms with Crippen molar-refractivity contribution in [2.45, 2.75) is 6.10 Å². The van der Waals surface area contributed by atoms with E-state index in [-0.39, 0.29) is 11.3 Å². The predicted molar refractivity (Wildman–Crippen MR) is 52.5 cm³/mol. The number of rotatable bonds is 4. The van der Waals surface area contributed by atoms with Gasteiger partial charge < -0.3 is 10.5 Å². The van der Waals surface area contributed by atoms with Gasteiger partial charge in [-0.25, -0.2) is 9.18 Å². The van der Waals surface area contributed by atoms with Crippen molar-refractivity contribution in [3.63, 3.8) is 0 Å². The molecule has 1 unspecified atom stereocenters. The zero-order chi connectivity index (χ0) is 12.1. The number of non-ortho nitro benzene ring substituents is 1. The van der Waals surface area contributed by atoms with Gasteiger partial charge in [-0.15, -0.1) is 0 Å². The van der Waals surface area contributed by atoms with Crippen molar-refractivity contribution < 1.29 is 18.8 Å². The average Bonchev–Trinajstić information content (AvgIpc) is 2.25. The molecule has 7 heteroatoms. The number of halogens is 1. The second-order valence-electron chi connectivity index (χ2n) is 2.93. The van der Waals surface area contributed by atoms with Crippen LogP contribution < -0.4 is 5.73 Å². The van der Waals surface area contributed by atoms with Crippen LogP contribution in [0.5, 0.6) is 0 Å². The molecule has 0 aromatic heterocycles. The molecular formula is C9H9FN2O4. The number of carbonyl (C=O) groups is 1. The van der Waals surface area contributed by atoms with Crippen LogP contribution in [0.4, 0.5) is 14.9 Å². The van der Waals surface area contributed by atoms with Gasteiger partial charge in [0.05, 0.1) is 4.92 Å². The Morgan fingerprint density at radius 1 is 1.62 bits per heavy atom. The number of primary amides is 1. The number of carbonyl (C=O) groups excluding carboxylic acids is 1. The second-order valence-corrected chi connectivity index (χ2v) is 2.93. The van der Waals surface area contributed by atoms with Crippen molar-refractivity contribution in [2.75, 3.05) is 6.67 Å². The summed E-state index contributed by atoms with van der Waals surface area (Å²) in [6, 6.07) is 5.18. The molecule has 0 radical (unpaired) electrons. The Morgan fingerprint density at radius 3 is 2.81 bits per heavy atom. The summed E-state index contributed by atoms with van der Waals surface area (Å²) >= 11 is 0. The fraction of sp³-hybridized carbons (Fsp3) is 0.222. The molecule has 2 N–H and O–H groups in total. The van der Waals surface area contributed by atoms with Gasteiger partial charge in [0.25, 0.3) is 5.69 Å². The Kier molecular flexibility index (Phi) is 3.76. The topological polar surface area (TPSA) is 95.5 Å². The lowest BCUT2D eigenvalue weighted by Crippen LogP contribution is -2.18. The normalized spacial score (nSPS) is 11.8. The Balaban J connectivity index is 2.96. The molecule has 0 aliphatic heterocycles. The van der Waals surface area contributed by atoms with Crippen LogP contribution in [0.2, 0.25) is 0 Å². The van der Waals surface area contributed by atoms with Crippen LogP contribution in [0.15, 0.2) is 24.3 Å². The highest BCUT2D eigenvalue weighted by Gasteiger charge is 2.17. The van der Waals surface area contributed by atoms with E-state index in [0.29, 0.717) is 0 Å². The summed E-state index contributed by atoms with van der Waals surface area (Å²) < 4.78 is 17.0. The number of nitrogens with zero attached hydrogens (tertiary/aromatic N) is 1.